The minimum atomic E-state index is -0.903. The summed E-state index contributed by atoms with van der Waals surface area (Å²) in [7, 11) is 3.86. The summed E-state index contributed by atoms with van der Waals surface area (Å²) in [5.41, 5.74) is 0.894. The van der Waals surface area contributed by atoms with Gasteiger partial charge >= 0.3 is 6.09 Å². The lowest BCUT2D eigenvalue weighted by molar-refractivity contribution is 0.124. The molecule has 1 aromatic carbocycles. The van der Waals surface area contributed by atoms with Crippen molar-refractivity contribution in [2.45, 2.75) is 19.0 Å². The molecule has 1 amide bonds. The number of piperazine rings is 1. The number of rotatable bonds is 6. The van der Waals surface area contributed by atoms with Crippen molar-refractivity contribution in [3.63, 3.8) is 0 Å². The summed E-state index contributed by atoms with van der Waals surface area (Å²) in [4.78, 5) is 14.3. The van der Waals surface area contributed by atoms with Crippen molar-refractivity contribution < 1.29 is 19.0 Å². The van der Waals surface area contributed by atoms with Crippen molar-refractivity contribution in [2.24, 2.45) is 0 Å². The van der Waals surface area contributed by atoms with Gasteiger partial charge in [-0.05, 0) is 38.2 Å². The third-order valence-electron chi connectivity index (χ3n) is 3.74. The van der Waals surface area contributed by atoms with E-state index in [1.54, 1.807) is 6.07 Å². The molecule has 128 valence electrons. The van der Waals surface area contributed by atoms with Crippen molar-refractivity contribution >= 4 is 6.09 Å². The molecule has 1 fully saturated rings. The Bertz CT molecular complexity index is 539. The third kappa shape index (κ3) is 5.37. The monoisotopic (exact) mass is 325 g/mol. The van der Waals surface area contributed by atoms with Crippen LogP contribution in [-0.2, 0) is 6.54 Å². The van der Waals surface area contributed by atoms with Gasteiger partial charge in [-0.3, -0.25) is 0 Å². The number of amides is 1. The summed E-state index contributed by atoms with van der Waals surface area (Å²) in [6, 6.07) is 5.02. The molecule has 1 saturated heterocycles. The molecule has 1 unspecified atom stereocenters. The van der Waals surface area contributed by atoms with Crippen LogP contribution in [-0.4, -0.2) is 67.4 Å². The van der Waals surface area contributed by atoms with E-state index in [-0.39, 0.29) is 17.6 Å². The lowest BCUT2D eigenvalue weighted by Gasteiger charge is -2.31. The zero-order valence-electron chi connectivity index (χ0n) is 13.6. The van der Waals surface area contributed by atoms with E-state index in [0.717, 1.165) is 5.56 Å². The van der Waals surface area contributed by atoms with Gasteiger partial charge in [-0.2, -0.15) is 0 Å². The smallest absolute Gasteiger partial charge is 0.407 e. The van der Waals surface area contributed by atoms with E-state index in [4.69, 9.17) is 9.84 Å². The SMILES string of the molecule is CN(C)Cc1ccc(OCCC2CN(C(=O)O)CCN2)c(F)c1. The number of halogens is 1. The lowest BCUT2D eigenvalue weighted by Crippen LogP contribution is -2.52. The van der Waals surface area contributed by atoms with Gasteiger partial charge in [-0.25, -0.2) is 9.18 Å². The van der Waals surface area contributed by atoms with Gasteiger partial charge in [0, 0.05) is 32.2 Å². The van der Waals surface area contributed by atoms with Gasteiger partial charge < -0.3 is 25.0 Å². The Hall–Kier alpha value is -1.86. The van der Waals surface area contributed by atoms with Crippen LogP contribution in [0.2, 0.25) is 0 Å². The van der Waals surface area contributed by atoms with Crippen molar-refractivity contribution in [1.29, 1.82) is 0 Å². The number of carbonyl (C=O) groups is 1. The highest BCUT2D eigenvalue weighted by atomic mass is 19.1. The minimum absolute atomic E-state index is 0.0379. The maximum absolute atomic E-state index is 14.0. The Labute approximate surface area is 135 Å². The first kappa shape index (κ1) is 17.5. The standard InChI is InChI=1S/C16H24FN3O3/c1-19(2)10-12-3-4-15(14(17)9-12)23-8-5-13-11-20(16(21)22)7-6-18-13/h3-4,9,13,18H,5-8,10-11H2,1-2H3,(H,21,22). The first-order valence-electron chi connectivity index (χ1n) is 7.73. The molecule has 1 aliphatic rings. The van der Waals surface area contributed by atoms with Crippen LogP contribution in [0.15, 0.2) is 18.2 Å². The Morgan fingerprint density at radius 1 is 1.52 bits per heavy atom. The third-order valence-corrected chi connectivity index (χ3v) is 3.74. The maximum atomic E-state index is 14.0. The quantitative estimate of drug-likeness (QED) is 0.832. The summed E-state index contributed by atoms with van der Waals surface area (Å²) < 4.78 is 19.5. The molecule has 7 heteroatoms. The van der Waals surface area contributed by atoms with Gasteiger partial charge in [0.1, 0.15) is 0 Å². The van der Waals surface area contributed by atoms with E-state index < -0.39 is 6.09 Å². The molecule has 0 bridgehead atoms. The first-order chi connectivity index (χ1) is 11.0. The van der Waals surface area contributed by atoms with Crippen molar-refractivity contribution in [2.75, 3.05) is 40.3 Å². The number of carboxylic acid groups (broad SMARTS) is 1. The van der Waals surface area contributed by atoms with Crippen molar-refractivity contribution in [1.82, 2.24) is 15.1 Å². The zero-order valence-corrected chi connectivity index (χ0v) is 13.6. The van der Waals surface area contributed by atoms with Crippen LogP contribution < -0.4 is 10.1 Å². The summed E-state index contributed by atoms with van der Waals surface area (Å²) in [5.74, 6) is -0.133. The molecule has 1 atom stereocenters. The van der Waals surface area contributed by atoms with E-state index in [2.05, 4.69) is 5.32 Å². The van der Waals surface area contributed by atoms with Crippen LogP contribution in [0.1, 0.15) is 12.0 Å². The van der Waals surface area contributed by atoms with Crippen LogP contribution >= 0.6 is 0 Å². The number of nitrogens with zero attached hydrogens (tertiary/aromatic N) is 2. The molecule has 1 aliphatic heterocycles. The number of benzene rings is 1. The molecule has 2 rings (SSSR count). The molecule has 0 aliphatic carbocycles. The molecule has 6 nitrogen and oxygen atoms in total. The molecule has 0 saturated carbocycles. The van der Waals surface area contributed by atoms with Gasteiger partial charge in [0.05, 0.1) is 6.61 Å². The summed E-state index contributed by atoms with van der Waals surface area (Å²) in [6.45, 7) is 2.57. The largest absolute Gasteiger partial charge is 0.490 e. The van der Waals surface area contributed by atoms with E-state index in [9.17, 15) is 9.18 Å². The molecular weight excluding hydrogens is 301 g/mol. The van der Waals surface area contributed by atoms with Crippen molar-refractivity contribution in [3.05, 3.63) is 29.6 Å². The number of hydrogen-bond acceptors (Lipinski definition) is 4. The minimum Gasteiger partial charge on any atom is -0.490 e. The fourth-order valence-electron chi connectivity index (χ4n) is 2.63. The van der Waals surface area contributed by atoms with Crippen LogP contribution in [0.3, 0.4) is 0 Å². The Kier molecular flexibility index (Phi) is 6.18. The molecule has 0 spiro atoms. The van der Waals surface area contributed by atoms with E-state index in [1.165, 1.54) is 11.0 Å². The van der Waals surface area contributed by atoms with E-state index in [1.807, 2.05) is 25.1 Å². The fourth-order valence-corrected chi connectivity index (χ4v) is 2.63. The van der Waals surface area contributed by atoms with Gasteiger partial charge in [0.25, 0.3) is 0 Å². The zero-order chi connectivity index (χ0) is 16.8. The molecular formula is C16H24FN3O3. The summed E-state index contributed by atoms with van der Waals surface area (Å²) in [5, 5.41) is 12.2. The highest BCUT2D eigenvalue weighted by Crippen LogP contribution is 2.19. The van der Waals surface area contributed by atoms with Crippen LogP contribution in [0, 0.1) is 5.82 Å². The highest BCUT2D eigenvalue weighted by molar-refractivity contribution is 5.65. The average molecular weight is 325 g/mol. The Morgan fingerprint density at radius 3 is 2.96 bits per heavy atom. The molecule has 1 heterocycles. The normalized spacial score (nSPS) is 18.3. The van der Waals surface area contributed by atoms with Crippen molar-refractivity contribution in [3.8, 4) is 5.75 Å². The fraction of sp³-hybridized carbons (Fsp3) is 0.562. The van der Waals surface area contributed by atoms with Gasteiger partial charge in [0.15, 0.2) is 11.6 Å². The number of hydrogen-bond donors (Lipinski definition) is 2. The van der Waals surface area contributed by atoms with Crippen LogP contribution in [0.25, 0.3) is 0 Å². The molecule has 1 aromatic rings. The molecule has 23 heavy (non-hydrogen) atoms. The molecule has 0 radical (unpaired) electrons. The summed E-state index contributed by atoms with van der Waals surface area (Å²) in [6.07, 6.45) is -0.275. The second-order valence-corrected chi connectivity index (χ2v) is 6.02. The number of nitrogens with one attached hydrogen (secondary N) is 1. The van der Waals surface area contributed by atoms with Gasteiger partial charge in [-0.15, -0.1) is 0 Å². The second-order valence-electron chi connectivity index (χ2n) is 6.02. The van der Waals surface area contributed by atoms with E-state index >= 15 is 0 Å². The van der Waals surface area contributed by atoms with Crippen LogP contribution in [0.4, 0.5) is 9.18 Å². The van der Waals surface area contributed by atoms with E-state index in [0.29, 0.717) is 39.2 Å². The predicted octanol–water partition coefficient (Wildman–Crippen LogP) is 1.61. The lowest BCUT2D eigenvalue weighted by atomic mass is 10.1. The topological polar surface area (TPSA) is 65.0 Å². The first-order valence-corrected chi connectivity index (χ1v) is 7.73. The maximum Gasteiger partial charge on any atom is 0.407 e. The number of ether oxygens (including phenoxy) is 1. The average Bonchev–Trinajstić information content (AvgIpc) is 2.49. The predicted molar refractivity (Wildman–Crippen MR) is 85.3 cm³/mol. The Balaban J connectivity index is 1.81. The highest BCUT2D eigenvalue weighted by Gasteiger charge is 2.22. The van der Waals surface area contributed by atoms with Gasteiger partial charge in [-0.1, -0.05) is 6.07 Å². The second kappa shape index (κ2) is 8.12. The van der Waals surface area contributed by atoms with Crippen LogP contribution in [0.5, 0.6) is 5.75 Å². The molecule has 0 aromatic heterocycles. The van der Waals surface area contributed by atoms with Gasteiger partial charge in [0.2, 0.25) is 0 Å². The summed E-state index contributed by atoms with van der Waals surface area (Å²) >= 11 is 0. The molecule has 2 N–H and O–H groups in total. The Morgan fingerprint density at radius 2 is 2.30 bits per heavy atom.